The van der Waals surface area contributed by atoms with Gasteiger partial charge in [0.1, 0.15) is 0 Å². The lowest BCUT2D eigenvalue weighted by Crippen LogP contribution is -2.51. The molecule has 0 saturated heterocycles. The summed E-state index contributed by atoms with van der Waals surface area (Å²) in [5, 5.41) is 0. The molecule has 3 heteroatoms. The molecule has 0 aromatic carbocycles. The molecule has 0 radical (unpaired) electrons. The van der Waals surface area contributed by atoms with E-state index in [0.29, 0.717) is 0 Å². The first kappa shape index (κ1) is 16.4. The Labute approximate surface area is 129 Å². The number of hydrogen-bond donors (Lipinski definition) is 1. The Balaban J connectivity index is 2.06. The van der Waals surface area contributed by atoms with Crippen LogP contribution in [0.5, 0.6) is 0 Å². The van der Waals surface area contributed by atoms with E-state index in [1.54, 1.807) is 0 Å². The molecule has 118 valence electrons. The van der Waals surface area contributed by atoms with Crippen molar-refractivity contribution >= 4 is 0 Å². The van der Waals surface area contributed by atoms with Gasteiger partial charge in [-0.25, -0.2) is 0 Å². The summed E-state index contributed by atoms with van der Waals surface area (Å²) in [6.45, 7) is 6.42. The van der Waals surface area contributed by atoms with Crippen molar-refractivity contribution in [2.45, 2.75) is 58.0 Å². The van der Waals surface area contributed by atoms with Crippen LogP contribution in [0.25, 0.3) is 0 Å². The van der Waals surface area contributed by atoms with Crippen LogP contribution in [0.3, 0.4) is 0 Å². The van der Waals surface area contributed by atoms with Crippen molar-refractivity contribution in [3.05, 3.63) is 30.1 Å². The lowest BCUT2D eigenvalue weighted by atomic mass is 9.85. The van der Waals surface area contributed by atoms with Gasteiger partial charge in [-0.3, -0.25) is 9.88 Å². The first-order chi connectivity index (χ1) is 10.1. The monoisotopic (exact) mass is 289 g/mol. The van der Waals surface area contributed by atoms with Gasteiger partial charge in [-0.05, 0) is 49.8 Å². The summed E-state index contributed by atoms with van der Waals surface area (Å²) in [5.74, 6) is 1.66. The van der Waals surface area contributed by atoms with Gasteiger partial charge in [-0.1, -0.05) is 32.8 Å². The molecule has 21 heavy (non-hydrogen) atoms. The van der Waals surface area contributed by atoms with E-state index in [-0.39, 0.29) is 5.54 Å². The second kappa shape index (κ2) is 7.37. The van der Waals surface area contributed by atoms with E-state index in [2.05, 4.69) is 36.8 Å². The molecule has 0 bridgehead atoms. The zero-order valence-electron chi connectivity index (χ0n) is 13.9. The third-order valence-electron chi connectivity index (χ3n) is 5.47. The lowest BCUT2D eigenvalue weighted by Gasteiger charge is -2.41. The quantitative estimate of drug-likeness (QED) is 0.844. The maximum atomic E-state index is 6.23. The van der Waals surface area contributed by atoms with Crippen LogP contribution >= 0.6 is 0 Å². The second-order valence-corrected chi connectivity index (χ2v) is 7.08. The minimum atomic E-state index is 0.166. The predicted octanol–water partition coefficient (Wildman–Crippen LogP) is 3.45. The average Bonchev–Trinajstić information content (AvgIpc) is 2.71. The van der Waals surface area contributed by atoms with E-state index >= 15 is 0 Å². The topological polar surface area (TPSA) is 42.1 Å². The van der Waals surface area contributed by atoms with Gasteiger partial charge in [0.2, 0.25) is 0 Å². The van der Waals surface area contributed by atoms with Gasteiger partial charge in [0.05, 0.1) is 0 Å². The Bertz CT molecular complexity index is 418. The molecule has 0 aliphatic heterocycles. The summed E-state index contributed by atoms with van der Waals surface area (Å²) in [4.78, 5) is 6.71. The molecule has 2 unspecified atom stereocenters. The van der Waals surface area contributed by atoms with Crippen LogP contribution in [-0.4, -0.2) is 29.0 Å². The Morgan fingerprint density at radius 3 is 2.81 bits per heavy atom. The Hall–Kier alpha value is -0.930. The summed E-state index contributed by atoms with van der Waals surface area (Å²) in [6, 6.07) is 4.17. The highest BCUT2D eigenvalue weighted by atomic mass is 15.2. The highest BCUT2D eigenvalue weighted by Crippen LogP contribution is 2.37. The first-order valence-electron chi connectivity index (χ1n) is 8.37. The molecule has 2 N–H and O–H groups in total. The van der Waals surface area contributed by atoms with E-state index in [1.807, 2.05) is 18.5 Å². The fourth-order valence-corrected chi connectivity index (χ4v) is 3.76. The second-order valence-electron chi connectivity index (χ2n) is 7.08. The maximum absolute atomic E-state index is 6.23. The van der Waals surface area contributed by atoms with E-state index in [0.717, 1.165) is 24.9 Å². The minimum Gasteiger partial charge on any atom is -0.329 e. The molecular weight excluding hydrogens is 258 g/mol. The Kier molecular flexibility index (Phi) is 5.77. The average molecular weight is 289 g/mol. The third-order valence-corrected chi connectivity index (χ3v) is 5.47. The van der Waals surface area contributed by atoms with Crippen molar-refractivity contribution in [3.63, 3.8) is 0 Å². The maximum Gasteiger partial charge on any atom is 0.0332 e. The number of rotatable bonds is 5. The molecule has 1 aliphatic carbocycles. The van der Waals surface area contributed by atoms with Crippen molar-refractivity contribution in [3.8, 4) is 0 Å². The van der Waals surface area contributed by atoms with Gasteiger partial charge in [0, 0.05) is 31.0 Å². The molecule has 3 nitrogen and oxygen atoms in total. The number of nitrogens with zero attached hydrogens (tertiary/aromatic N) is 2. The zero-order chi connectivity index (χ0) is 15.3. The molecule has 1 aromatic rings. The molecule has 1 heterocycles. The number of likely N-dealkylation sites (N-methyl/N-ethyl adjacent to an activating group) is 1. The van der Waals surface area contributed by atoms with Gasteiger partial charge in [0.15, 0.2) is 0 Å². The molecule has 1 aromatic heterocycles. The van der Waals surface area contributed by atoms with Crippen molar-refractivity contribution < 1.29 is 0 Å². The summed E-state index contributed by atoms with van der Waals surface area (Å²) in [7, 11) is 2.23. The summed E-state index contributed by atoms with van der Waals surface area (Å²) in [5.41, 5.74) is 7.67. The van der Waals surface area contributed by atoms with Crippen LogP contribution in [0.1, 0.15) is 51.5 Å². The van der Waals surface area contributed by atoms with E-state index in [1.165, 1.54) is 37.7 Å². The summed E-state index contributed by atoms with van der Waals surface area (Å²) in [6.07, 6.45) is 10.2. The molecule has 2 rings (SSSR count). The minimum absolute atomic E-state index is 0.166. The molecule has 1 fully saturated rings. The molecule has 0 spiro atoms. The van der Waals surface area contributed by atoms with Crippen LogP contribution < -0.4 is 5.73 Å². The highest BCUT2D eigenvalue weighted by Gasteiger charge is 2.36. The molecule has 1 aliphatic rings. The Morgan fingerprint density at radius 2 is 2.19 bits per heavy atom. The van der Waals surface area contributed by atoms with Gasteiger partial charge in [-0.15, -0.1) is 0 Å². The van der Waals surface area contributed by atoms with Crippen LogP contribution in [0.4, 0.5) is 0 Å². The number of pyridine rings is 1. The number of aromatic nitrogens is 1. The van der Waals surface area contributed by atoms with Crippen molar-refractivity contribution in [2.24, 2.45) is 17.6 Å². The van der Waals surface area contributed by atoms with Crippen LogP contribution in [0.15, 0.2) is 24.5 Å². The third kappa shape index (κ3) is 4.04. The van der Waals surface area contributed by atoms with Gasteiger partial charge >= 0.3 is 0 Å². The normalized spacial score (nSPS) is 27.0. The van der Waals surface area contributed by atoms with Crippen molar-refractivity contribution in [2.75, 3.05) is 13.6 Å². The van der Waals surface area contributed by atoms with Crippen LogP contribution in [0.2, 0.25) is 0 Å². The van der Waals surface area contributed by atoms with Crippen LogP contribution in [0, 0.1) is 11.8 Å². The van der Waals surface area contributed by atoms with Crippen molar-refractivity contribution in [1.29, 1.82) is 0 Å². The number of nitrogens with two attached hydrogens (primary N) is 1. The highest BCUT2D eigenvalue weighted by molar-refractivity contribution is 5.09. The first-order valence-corrected chi connectivity index (χ1v) is 8.37. The van der Waals surface area contributed by atoms with Gasteiger partial charge < -0.3 is 5.73 Å². The summed E-state index contributed by atoms with van der Waals surface area (Å²) >= 11 is 0. The molecule has 1 saturated carbocycles. The lowest BCUT2D eigenvalue weighted by molar-refractivity contribution is 0.0974. The van der Waals surface area contributed by atoms with Crippen molar-refractivity contribution in [1.82, 2.24) is 9.88 Å². The summed E-state index contributed by atoms with van der Waals surface area (Å²) < 4.78 is 0. The standard InChI is InChI=1S/C18H31N3/c1-15(2)17-7-4-9-18(14-19,10-8-17)21(3)13-16-6-5-11-20-12-16/h5-6,11-12,15,17H,4,7-10,13-14,19H2,1-3H3. The SMILES string of the molecule is CC(C)C1CCCC(CN)(N(C)Cc2cccnc2)CC1. The largest absolute Gasteiger partial charge is 0.329 e. The Morgan fingerprint density at radius 1 is 1.38 bits per heavy atom. The fourth-order valence-electron chi connectivity index (χ4n) is 3.76. The van der Waals surface area contributed by atoms with Crippen LogP contribution in [-0.2, 0) is 6.54 Å². The van der Waals surface area contributed by atoms with Gasteiger partial charge in [-0.2, -0.15) is 0 Å². The van der Waals surface area contributed by atoms with E-state index in [9.17, 15) is 0 Å². The van der Waals surface area contributed by atoms with E-state index in [4.69, 9.17) is 5.73 Å². The zero-order valence-corrected chi connectivity index (χ0v) is 13.9. The van der Waals surface area contributed by atoms with E-state index < -0.39 is 0 Å². The number of hydrogen-bond acceptors (Lipinski definition) is 3. The molecule has 2 atom stereocenters. The predicted molar refractivity (Wildman–Crippen MR) is 88.9 cm³/mol. The molecular formula is C18H31N3. The fraction of sp³-hybridized carbons (Fsp3) is 0.722. The van der Waals surface area contributed by atoms with Gasteiger partial charge in [0.25, 0.3) is 0 Å². The smallest absolute Gasteiger partial charge is 0.0332 e. The molecule has 0 amide bonds.